The minimum atomic E-state index is -0.525. The van der Waals surface area contributed by atoms with Crippen molar-refractivity contribution < 1.29 is 9.53 Å². The van der Waals surface area contributed by atoms with Crippen LogP contribution in [0.3, 0.4) is 0 Å². The smallest absolute Gasteiger partial charge is 0.393 e. The summed E-state index contributed by atoms with van der Waals surface area (Å²) in [6.07, 6.45) is 8.91. The molecule has 8 heteroatoms. The van der Waals surface area contributed by atoms with E-state index in [1.807, 2.05) is 12.1 Å². The Morgan fingerprint density at radius 2 is 2.22 bits per heavy atom. The second-order valence-electron chi connectivity index (χ2n) is 6.03. The molecule has 0 aliphatic carbocycles. The highest BCUT2D eigenvalue weighted by Crippen LogP contribution is 2.26. The van der Waals surface area contributed by atoms with Crippen LogP contribution in [0.2, 0.25) is 0 Å². The van der Waals surface area contributed by atoms with Crippen LogP contribution in [0.15, 0.2) is 43.0 Å². The first-order chi connectivity index (χ1) is 13.2. The monoisotopic (exact) mass is 366 g/mol. The number of aromatic nitrogens is 4. The first kappa shape index (κ1) is 18.4. The molecule has 0 aliphatic rings. The minimum Gasteiger partial charge on any atom is -0.393 e. The summed E-state index contributed by atoms with van der Waals surface area (Å²) in [5.41, 5.74) is 9.30. The zero-order chi connectivity index (χ0) is 19.1. The van der Waals surface area contributed by atoms with Gasteiger partial charge >= 0.3 is 6.09 Å². The van der Waals surface area contributed by atoms with Gasteiger partial charge in [0.1, 0.15) is 0 Å². The fourth-order valence-corrected chi connectivity index (χ4v) is 2.68. The molecule has 0 fully saturated rings. The summed E-state index contributed by atoms with van der Waals surface area (Å²) in [7, 11) is 0. The number of hydrogen-bond donors (Lipinski definition) is 3. The van der Waals surface area contributed by atoms with Gasteiger partial charge in [-0.1, -0.05) is 19.4 Å². The van der Waals surface area contributed by atoms with E-state index < -0.39 is 6.09 Å². The number of pyridine rings is 1. The van der Waals surface area contributed by atoms with Gasteiger partial charge in [0.15, 0.2) is 0 Å². The Kier molecular flexibility index (Phi) is 5.98. The number of ether oxygens (including phenoxy) is 1. The van der Waals surface area contributed by atoms with Crippen molar-refractivity contribution in [1.29, 1.82) is 0 Å². The molecule has 0 unspecified atom stereocenters. The predicted octanol–water partition coefficient (Wildman–Crippen LogP) is 2.73. The molecular weight excluding hydrogens is 344 g/mol. The van der Waals surface area contributed by atoms with E-state index >= 15 is 0 Å². The van der Waals surface area contributed by atoms with Gasteiger partial charge in [-0.3, -0.25) is 4.98 Å². The molecule has 0 radical (unpaired) electrons. The number of H-pyrrole nitrogens is 1. The Morgan fingerprint density at radius 3 is 3.00 bits per heavy atom. The van der Waals surface area contributed by atoms with Crippen molar-refractivity contribution in [3.63, 3.8) is 0 Å². The number of aromatic amines is 1. The third-order valence-corrected chi connectivity index (χ3v) is 3.94. The molecule has 0 bridgehead atoms. The third-order valence-electron chi connectivity index (χ3n) is 3.94. The highest BCUT2D eigenvalue weighted by atomic mass is 16.6. The largest absolute Gasteiger partial charge is 0.413 e. The molecule has 0 aliphatic heterocycles. The molecule has 4 N–H and O–H groups in total. The molecule has 0 spiro atoms. The molecular formula is C19H22N6O2. The van der Waals surface area contributed by atoms with Gasteiger partial charge < -0.3 is 20.8 Å². The van der Waals surface area contributed by atoms with E-state index in [1.165, 1.54) is 0 Å². The number of hydrogen-bond acceptors (Lipinski definition) is 6. The zero-order valence-electron chi connectivity index (χ0n) is 15.1. The van der Waals surface area contributed by atoms with E-state index in [-0.39, 0.29) is 5.95 Å². The van der Waals surface area contributed by atoms with Crippen LogP contribution in [0.1, 0.15) is 24.5 Å². The van der Waals surface area contributed by atoms with Crippen LogP contribution < -0.4 is 15.8 Å². The molecule has 3 rings (SSSR count). The number of anilines is 1. The first-order valence-electron chi connectivity index (χ1n) is 8.80. The van der Waals surface area contributed by atoms with Crippen molar-refractivity contribution in [3.05, 3.63) is 54.1 Å². The average molecular weight is 366 g/mol. The molecule has 140 valence electrons. The van der Waals surface area contributed by atoms with Crippen LogP contribution in [-0.4, -0.2) is 32.6 Å². The van der Waals surface area contributed by atoms with Crippen LogP contribution in [0.4, 0.5) is 10.7 Å². The molecule has 0 saturated carbocycles. The summed E-state index contributed by atoms with van der Waals surface area (Å²) in [5, 5.41) is 2.71. The van der Waals surface area contributed by atoms with E-state index in [0.717, 1.165) is 35.2 Å². The summed E-state index contributed by atoms with van der Waals surface area (Å²) in [6, 6.07) is 5.54. The molecule has 8 nitrogen and oxygen atoms in total. The van der Waals surface area contributed by atoms with Gasteiger partial charge in [-0.05, 0) is 30.0 Å². The van der Waals surface area contributed by atoms with Crippen molar-refractivity contribution in [2.24, 2.45) is 0 Å². The Balaban J connectivity index is 1.59. The maximum absolute atomic E-state index is 12.0. The Morgan fingerprint density at radius 1 is 1.33 bits per heavy atom. The molecule has 3 heterocycles. The molecule has 27 heavy (non-hydrogen) atoms. The van der Waals surface area contributed by atoms with Gasteiger partial charge in [0.2, 0.25) is 11.8 Å². The molecule has 0 atom stereocenters. The highest BCUT2D eigenvalue weighted by Gasteiger charge is 2.12. The van der Waals surface area contributed by atoms with Gasteiger partial charge in [-0.25, -0.2) is 14.8 Å². The Labute approximate surface area is 157 Å². The fourth-order valence-electron chi connectivity index (χ4n) is 2.68. The lowest BCUT2D eigenvalue weighted by atomic mass is 10.1. The van der Waals surface area contributed by atoms with E-state index in [4.69, 9.17) is 10.5 Å². The van der Waals surface area contributed by atoms with Crippen LogP contribution >= 0.6 is 0 Å². The van der Waals surface area contributed by atoms with E-state index in [1.54, 1.807) is 30.9 Å². The second-order valence-corrected chi connectivity index (χ2v) is 6.03. The summed E-state index contributed by atoms with van der Waals surface area (Å²) < 4.78 is 5.29. The van der Waals surface area contributed by atoms with Gasteiger partial charge in [-0.2, -0.15) is 0 Å². The third kappa shape index (κ3) is 5.04. The van der Waals surface area contributed by atoms with Crippen molar-refractivity contribution in [3.8, 4) is 17.1 Å². The van der Waals surface area contributed by atoms with Crippen molar-refractivity contribution in [2.45, 2.75) is 26.2 Å². The van der Waals surface area contributed by atoms with Crippen molar-refractivity contribution in [1.82, 2.24) is 25.3 Å². The number of aryl methyl sites for hydroxylation is 1. The molecule has 0 saturated heterocycles. The number of nitrogen functional groups attached to an aromatic ring is 1. The number of rotatable bonds is 7. The first-order valence-corrected chi connectivity index (χ1v) is 8.80. The summed E-state index contributed by atoms with van der Waals surface area (Å²) in [5.74, 6) is 0.546. The second kappa shape index (κ2) is 8.79. The number of nitrogens with zero attached hydrogens (tertiary/aromatic N) is 3. The van der Waals surface area contributed by atoms with Gasteiger partial charge in [0.25, 0.3) is 0 Å². The maximum atomic E-state index is 12.0. The summed E-state index contributed by atoms with van der Waals surface area (Å²) in [6.45, 7) is 2.54. The topological polar surface area (TPSA) is 119 Å². The van der Waals surface area contributed by atoms with Gasteiger partial charge in [0.05, 0.1) is 5.69 Å². The van der Waals surface area contributed by atoms with Crippen LogP contribution in [0.5, 0.6) is 5.88 Å². The van der Waals surface area contributed by atoms with Crippen LogP contribution in [0, 0.1) is 0 Å². The van der Waals surface area contributed by atoms with Gasteiger partial charge in [-0.15, -0.1) is 0 Å². The van der Waals surface area contributed by atoms with Gasteiger partial charge in [0, 0.05) is 43.0 Å². The number of nitrogens with one attached hydrogen (secondary N) is 2. The lowest BCUT2D eigenvalue weighted by molar-refractivity contribution is 0.199. The zero-order valence-corrected chi connectivity index (χ0v) is 15.1. The van der Waals surface area contributed by atoms with E-state index in [0.29, 0.717) is 18.8 Å². The normalized spacial score (nSPS) is 10.6. The molecule has 3 aromatic heterocycles. The number of nitrogens with two attached hydrogens (primary N) is 1. The van der Waals surface area contributed by atoms with E-state index in [9.17, 15) is 4.79 Å². The van der Waals surface area contributed by atoms with Crippen molar-refractivity contribution in [2.75, 3.05) is 12.3 Å². The van der Waals surface area contributed by atoms with Crippen LogP contribution in [-0.2, 0) is 12.8 Å². The predicted molar refractivity (Wildman–Crippen MR) is 102 cm³/mol. The Hall–Kier alpha value is -3.42. The Bertz CT molecular complexity index is 894. The maximum Gasteiger partial charge on any atom is 0.413 e. The average Bonchev–Trinajstić information content (AvgIpc) is 3.12. The summed E-state index contributed by atoms with van der Waals surface area (Å²) >= 11 is 0. The van der Waals surface area contributed by atoms with Crippen molar-refractivity contribution >= 4 is 12.0 Å². The standard InChI is InChI=1S/C19H22N6O2/c1-2-4-14-11-24-18(20)25-17(14)15-9-16(23-12-15)27-19(26)22-8-6-13-5-3-7-21-10-13/h3,5,7,9-12,23H,2,4,6,8H2,1H3,(H,22,26)(H2,20,24,25). The summed E-state index contributed by atoms with van der Waals surface area (Å²) in [4.78, 5) is 27.3. The molecule has 3 aromatic rings. The minimum absolute atomic E-state index is 0.210. The lowest BCUT2D eigenvalue weighted by Crippen LogP contribution is -2.28. The molecule has 0 aromatic carbocycles. The highest BCUT2D eigenvalue weighted by molar-refractivity contribution is 5.71. The van der Waals surface area contributed by atoms with E-state index in [2.05, 4.69) is 32.2 Å². The lowest BCUT2D eigenvalue weighted by Gasteiger charge is -2.06. The SMILES string of the molecule is CCCc1cnc(N)nc1-c1c[nH]c(OC(=O)NCCc2cccnc2)c1. The molecule has 1 amide bonds. The quantitative estimate of drug-likeness (QED) is 0.591. The number of amides is 1. The van der Waals surface area contributed by atoms with Crippen LogP contribution in [0.25, 0.3) is 11.3 Å². The fraction of sp³-hybridized carbons (Fsp3) is 0.263. The number of carbonyl (C=O) groups excluding carboxylic acids is 1. The number of carbonyl (C=O) groups is 1.